The minimum Gasteiger partial charge on any atom is -0.397 e. The number of pyridine rings is 1. The van der Waals surface area contributed by atoms with E-state index in [2.05, 4.69) is 25.8 Å². The van der Waals surface area contributed by atoms with Crippen LogP contribution in [0.25, 0.3) is 22.3 Å². The van der Waals surface area contributed by atoms with Gasteiger partial charge in [-0.15, -0.1) is 0 Å². The molecule has 0 fully saturated rings. The molecule has 0 aliphatic carbocycles. The Hall–Kier alpha value is -2.56. The zero-order valence-electron chi connectivity index (χ0n) is 14.0. The second-order valence-corrected chi connectivity index (χ2v) is 7.17. The summed E-state index contributed by atoms with van der Waals surface area (Å²) < 4.78 is 3.54. The summed E-state index contributed by atoms with van der Waals surface area (Å²) in [6, 6.07) is 9.72. The predicted molar refractivity (Wildman–Crippen MR) is 94.3 cm³/mol. The van der Waals surface area contributed by atoms with Gasteiger partial charge in [-0.3, -0.25) is 14.1 Å². The second kappa shape index (κ2) is 5.26. The zero-order chi connectivity index (χ0) is 16.8. The van der Waals surface area contributed by atoms with E-state index in [-0.39, 0.29) is 11.1 Å². The monoisotopic (exact) mass is 310 g/mol. The molecule has 0 saturated heterocycles. The standard InChI is InChI=1S/C18H22N4O/c1-18(2,3)11-22-15-8-5-12(9-16(15)21(4)17(22)23)14-7-6-13(19)10-20-14/h5-10H,11,19H2,1-4H3. The molecule has 0 aliphatic heterocycles. The predicted octanol–water partition coefficient (Wildman–Crippen LogP) is 3.03. The number of hydrogen-bond donors (Lipinski definition) is 1. The number of nitrogen functional groups attached to an aromatic ring is 1. The van der Waals surface area contributed by atoms with Crippen molar-refractivity contribution in [2.75, 3.05) is 5.73 Å². The van der Waals surface area contributed by atoms with E-state index in [1.54, 1.807) is 10.8 Å². The highest BCUT2D eigenvalue weighted by molar-refractivity contribution is 5.82. The molecular formula is C18H22N4O. The average Bonchev–Trinajstić information content (AvgIpc) is 2.71. The lowest BCUT2D eigenvalue weighted by Gasteiger charge is -2.18. The first-order chi connectivity index (χ1) is 10.8. The van der Waals surface area contributed by atoms with Gasteiger partial charge in [0.05, 0.1) is 28.6 Å². The van der Waals surface area contributed by atoms with Crippen LogP contribution in [0.15, 0.2) is 41.3 Å². The van der Waals surface area contributed by atoms with Crippen LogP contribution >= 0.6 is 0 Å². The van der Waals surface area contributed by atoms with Crippen LogP contribution in [0, 0.1) is 5.41 Å². The molecule has 0 aliphatic rings. The first kappa shape index (κ1) is 15.3. The molecule has 2 heterocycles. The number of nitrogens with zero attached hydrogens (tertiary/aromatic N) is 3. The Balaban J connectivity index is 2.16. The van der Waals surface area contributed by atoms with E-state index in [0.29, 0.717) is 12.2 Å². The summed E-state index contributed by atoms with van der Waals surface area (Å²) in [5, 5.41) is 0. The lowest BCUT2D eigenvalue weighted by atomic mass is 9.97. The normalized spacial score (nSPS) is 12.0. The number of benzene rings is 1. The van der Waals surface area contributed by atoms with Crippen molar-refractivity contribution in [2.24, 2.45) is 12.5 Å². The first-order valence-corrected chi connectivity index (χ1v) is 7.67. The largest absolute Gasteiger partial charge is 0.397 e. The van der Waals surface area contributed by atoms with E-state index < -0.39 is 0 Å². The Kier molecular flexibility index (Phi) is 3.51. The fourth-order valence-corrected chi connectivity index (χ4v) is 2.77. The van der Waals surface area contributed by atoms with E-state index in [0.717, 1.165) is 22.3 Å². The van der Waals surface area contributed by atoms with Crippen molar-refractivity contribution in [1.29, 1.82) is 0 Å². The third-order valence-corrected chi connectivity index (χ3v) is 3.86. The van der Waals surface area contributed by atoms with E-state index in [1.165, 1.54) is 0 Å². The van der Waals surface area contributed by atoms with Gasteiger partial charge < -0.3 is 5.73 Å². The molecule has 3 rings (SSSR count). The van der Waals surface area contributed by atoms with Crippen LogP contribution in [0.3, 0.4) is 0 Å². The van der Waals surface area contributed by atoms with Crippen LogP contribution in [-0.4, -0.2) is 14.1 Å². The van der Waals surface area contributed by atoms with Gasteiger partial charge in [0.1, 0.15) is 0 Å². The van der Waals surface area contributed by atoms with Crippen LogP contribution in [0.5, 0.6) is 0 Å². The van der Waals surface area contributed by atoms with Gasteiger partial charge in [0.2, 0.25) is 0 Å². The molecular weight excluding hydrogens is 288 g/mol. The molecule has 0 saturated carbocycles. The Morgan fingerprint density at radius 1 is 1.13 bits per heavy atom. The van der Waals surface area contributed by atoms with E-state index in [1.807, 2.05) is 41.9 Å². The molecule has 0 spiro atoms. The van der Waals surface area contributed by atoms with Gasteiger partial charge in [0, 0.05) is 19.2 Å². The highest BCUT2D eigenvalue weighted by atomic mass is 16.1. The van der Waals surface area contributed by atoms with Crippen LogP contribution < -0.4 is 11.4 Å². The quantitative estimate of drug-likeness (QED) is 0.791. The third-order valence-electron chi connectivity index (χ3n) is 3.86. The molecule has 2 aromatic heterocycles. The molecule has 0 unspecified atom stereocenters. The number of nitrogens with two attached hydrogens (primary N) is 1. The Labute approximate surface area is 135 Å². The fourth-order valence-electron chi connectivity index (χ4n) is 2.77. The van der Waals surface area contributed by atoms with Crippen LogP contribution in [-0.2, 0) is 13.6 Å². The number of fused-ring (bicyclic) bond motifs is 1. The van der Waals surface area contributed by atoms with Gasteiger partial charge >= 0.3 is 5.69 Å². The average molecular weight is 310 g/mol. The van der Waals surface area contributed by atoms with Crippen molar-refractivity contribution >= 4 is 16.7 Å². The van der Waals surface area contributed by atoms with Gasteiger partial charge in [-0.05, 0) is 29.7 Å². The van der Waals surface area contributed by atoms with Crippen molar-refractivity contribution < 1.29 is 0 Å². The van der Waals surface area contributed by atoms with Crippen molar-refractivity contribution in [2.45, 2.75) is 27.3 Å². The van der Waals surface area contributed by atoms with Gasteiger partial charge in [0.15, 0.2) is 0 Å². The van der Waals surface area contributed by atoms with Crippen molar-refractivity contribution in [3.05, 3.63) is 47.0 Å². The lowest BCUT2D eigenvalue weighted by molar-refractivity contribution is 0.342. The summed E-state index contributed by atoms with van der Waals surface area (Å²) in [5.74, 6) is 0. The van der Waals surface area contributed by atoms with E-state index >= 15 is 0 Å². The Morgan fingerprint density at radius 3 is 2.48 bits per heavy atom. The molecule has 0 bridgehead atoms. The van der Waals surface area contributed by atoms with Gasteiger partial charge in [0.25, 0.3) is 0 Å². The van der Waals surface area contributed by atoms with Crippen molar-refractivity contribution in [3.8, 4) is 11.3 Å². The zero-order valence-corrected chi connectivity index (χ0v) is 14.0. The van der Waals surface area contributed by atoms with Gasteiger partial charge in [-0.2, -0.15) is 0 Å². The van der Waals surface area contributed by atoms with Crippen LogP contribution in [0.1, 0.15) is 20.8 Å². The SMILES string of the molecule is Cn1c(=O)n(CC(C)(C)C)c2ccc(-c3ccc(N)cn3)cc21. The minimum atomic E-state index is 0.0114. The number of imidazole rings is 1. The number of hydrogen-bond acceptors (Lipinski definition) is 3. The maximum atomic E-state index is 12.6. The molecule has 2 N–H and O–H groups in total. The highest BCUT2D eigenvalue weighted by Crippen LogP contribution is 2.25. The summed E-state index contributed by atoms with van der Waals surface area (Å²) >= 11 is 0. The summed E-state index contributed by atoms with van der Waals surface area (Å²) in [7, 11) is 1.81. The lowest BCUT2D eigenvalue weighted by Crippen LogP contribution is -2.27. The van der Waals surface area contributed by atoms with Gasteiger partial charge in [-0.25, -0.2) is 4.79 Å². The number of aromatic nitrogens is 3. The molecule has 3 aromatic rings. The fraction of sp³-hybridized carbons (Fsp3) is 0.333. The summed E-state index contributed by atoms with van der Waals surface area (Å²) in [6.45, 7) is 7.07. The molecule has 23 heavy (non-hydrogen) atoms. The Bertz CT molecular complexity index is 911. The van der Waals surface area contributed by atoms with E-state index in [4.69, 9.17) is 5.73 Å². The summed E-state index contributed by atoms with van der Waals surface area (Å²) in [6.07, 6.45) is 1.64. The molecule has 0 amide bonds. The van der Waals surface area contributed by atoms with Crippen LogP contribution in [0.2, 0.25) is 0 Å². The molecule has 1 aromatic carbocycles. The molecule has 0 atom stereocenters. The Morgan fingerprint density at radius 2 is 1.87 bits per heavy atom. The first-order valence-electron chi connectivity index (χ1n) is 7.67. The number of rotatable bonds is 2. The number of aryl methyl sites for hydroxylation is 1. The maximum Gasteiger partial charge on any atom is 0.328 e. The van der Waals surface area contributed by atoms with E-state index in [9.17, 15) is 4.79 Å². The van der Waals surface area contributed by atoms with Crippen molar-refractivity contribution in [3.63, 3.8) is 0 Å². The minimum absolute atomic E-state index is 0.0114. The topological polar surface area (TPSA) is 65.8 Å². The van der Waals surface area contributed by atoms with Crippen LogP contribution in [0.4, 0.5) is 5.69 Å². The maximum absolute atomic E-state index is 12.6. The molecule has 5 heteroatoms. The highest BCUT2D eigenvalue weighted by Gasteiger charge is 2.18. The summed E-state index contributed by atoms with van der Waals surface area (Å²) in [4.78, 5) is 16.9. The van der Waals surface area contributed by atoms with Gasteiger partial charge in [-0.1, -0.05) is 26.8 Å². The molecule has 120 valence electrons. The third kappa shape index (κ3) is 2.86. The molecule has 5 nitrogen and oxygen atoms in total. The number of anilines is 1. The molecule has 0 radical (unpaired) electrons. The smallest absolute Gasteiger partial charge is 0.328 e. The second-order valence-electron chi connectivity index (χ2n) is 7.17. The summed E-state index contributed by atoms with van der Waals surface area (Å²) in [5.41, 5.74) is 10.1. The van der Waals surface area contributed by atoms with Crippen molar-refractivity contribution in [1.82, 2.24) is 14.1 Å².